The van der Waals surface area contributed by atoms with Crippen LogP contribution in [0.4, 0.5) is 0 Å². The number of allylic oxidation sites excluding steroid dienone is 1. The highest BCUT2D eigenvalue weighted by Gasteiger charge is 2.16. The van der Waals surface area contributed by atoms with Gasteiger partial charge in [-0.05, 0) is 38.5 Å². The Hall–Kier alpha value is -1.81. The molecule has 1 atom stereocenters. The summed E-state index contributed by atoms with van der Waals surface area (Å²) in [4.78, 5) is 11.7. The molecule has 0 aliphatic carbocycles. The van der Waals surface area contributed by atoms with E-state index in [2.05, 4.69) is 6.58 Å². The molecule has 0 aliphatic rings. The highest BCUT2D eigenvalue weighted by atomic mass is 16.6. The molecule has 0 spiro atoms. The van der Waals surface area contributed by atoms with Crippen molar-refractivity contribution < 1.29 is 19.0 Å². The zero-order valence-corrected chi connectivity index (χ0v) is 12.3. The normalized spacial score (nSPS) is 11.8. The summed E-state index contributed by atoms with van der Waals surface area (Å²) in [7, 11) is 0. The Morgan fingerprint density at radius 3 is 2.45 bits per heavy atom. The largest absolute Gasteiger partial charge is 0.479 e. The standard InChI is InChI=1S/C16H22O4/c1-5-18-10-11-19-16(17)13(4)20-15-8-6-14(7-9-15)12(2)3/h6-9,13H,2,5,10-11H2,1,3-4H3. The van der Waals surface area contributed by atoms with Crippen molar-refractivity contribution in [1.29, 1.82) is 0 Å². The molecule has 0 amide bonds. The first-order valence-corrected chi connectivity index (χ1v) is 6.71. The van der Waals surface area contributed by atoms with E-state index in [4.69, 9.17) is 14.2 Å². The zero-order valence-electron chi connectivity index (χ0n) is 12.3. The summed E-state index contributed by atoms with van der Waals surface area (Å²) in [6.45, 7) is 10.6. The average Bonchev–Trinajstić information content (AvgIpc) is 2.44. The van der Waals surface area contributed by atoms with Crippen LogP contribution in [-0.4, -0.2) is 31.9 Å². The van der Waals surface area contributed by atoms with Gasteiger partial charge in [0, 0.05) is 6.61 Å². The Bertz CT molecular complexity index is 436. The maximum absolute atomic E-state index is 11.7. The second kappa shape index (κ2) is 8.38. The molecule has 0 aliphatic heterocycles. The lowest BCUT2D eigenvalue weighted by Crippen LogP contribution is -2.27. The number of carbonyl (C=O) groups excluding carboxylic acids is 1. The van der Waals surface area contributed by atoms with Gasteiger partial charge in [0.05, 0.1) is 6.61 Å². The lowest BCUT2D eigenvalue weighted by atomic mass is 10.1. The van der Waals surface area contributed by atoms with Gasteiger partial charge in [0.25, 0.3) is 0 Å². The SMILES string of the molecule is C=C(C)c1ccc(OC(C)C(=O)OCCOCC)cc1. The number of benzene rings is 1. The van der Waals surface area contributed by atoms with E-state index in [1.165, 1.54) is 0 Å². The van der Waals surface area contributed by atoms with Crippen LogP contribution in [0.2, 0.25) is 0 Å². The minimum atomic E-state index is -0.646. The molecule has 1 aromatic rings. The number of ether oxygens (including phenoxy) is 3. The van der Waals surface area contributed by atoms with Crippen molar-refractivity contribution in [3.05, 3.63) is 36.4 Å². The summed E-state index contributed by atoms with van der Waals surface area (Å²) in [5, 5.41) is 0. The Kier molecular flexibility index (Phi) is 6.81. The van der Waals surface area contributed by atoms with Crippen molar-refractivity contribution in [2.24, 2.45) is 0 Å². The van der Waals surface area contributed by atoms with E-state index in [0.29, 0.717) is 19.0 Å². The molecule has 20 heavy (non-hydrogen) atoms. The molecule has 0 fully saturated rings. The molecule has 0 bridgehead atoms. The Morgan fingerprint density at radius 1 is 1.25 bits per heavy atom. The molecular weight excluding hydrogens is 256 g/mol. The van der Waals surface area contributed by atoms with Crippen molar-refractivity contribution in [3.8, 4) is 5.75 Å². The van der Waals surface area contributed by atoms with E-state index in [-0.39, 0.29) is 6.61 Å². The Morgan fingerprint density at radius 2 is 1.90 bits per heavy atom. The van der Waals surface area contributed by atoms with Gasteiger partial charge < -0.3 is 14.2 Å². The van der Waals surface area contributed by atoms with Gasteiger partial charge >= 0.3 is 5.97 Å². The smallest absolute Gasteiger partial charge is 0.347 e. The summed E-state index contributed by atoms with van der Waals surface area (Å²) < 4.78 is 15.7. The Labute approximate surface area is 120 Å². The third-order valence-electron chi connectivity index (χ3n) is 2.67. The summed E-state index contributed by atoms with van der Waals surface area (Å²) in [6, 6.07) is 7.44. The van der Waals surface area contributed by atoms with Crippen LogP contribution in [0.1, 0.15) is 26.3 Å². The molecular formula is C16H22O4. The number of rotatable bonds is 8. The van der Waals surface area contributed by atoms with Gasteiger partial charge in [-0.25, -0.2) is 4.79 Å². The van der Waals surface area contributed by atoms with Crippen molar-refractivity contribution in [1.82, 2.24) is 0 Å². The first-order valence-electron chi connectivity index (χ1n) is 6.71. The van der Waals surface area contributed by atoms with Gasteiger partial charge in [0.2, 0.25) is 0 Å². The first-order chi connectivity index (χ1) is 9.54. The van der Waals surface area contributed by atoms with Crippen molar-refractivity contribution in [2.75, 3.05) is 19.8 Å². The second-order valence-electron chi connectivity index (χ2n) is 4.43. The molecule has 0 saturated carbocycles. The van der Waals surface area contributed by atoms with Crippen LogP contribution < -0.4 is 4.74 Å². The predicted molar refractivity (Wildman–Crippen MR) is 78.7 cm³/mol. The molecule has 1 aromatic carbocycles. The maximum atomic E-state index is 11.7. The topological polar surface area (TPSA) is 44.8 Å². The van der Waals surface area contributed by atoms with Crippen LogP contribution >= 0.6 is 0 Å². The molecule has 1 rings (SSSR count). The summed E-state index contributed by atoms with van der Waals surface area (Å²) in [5.41, 5.74) is 2.03. The maximum Gasteiger partial charge on any atom is 0.347 e. The highest BCUT2D eigenvalue weighted by molar-refractivity contribution is 5.74. The molecule has 1 unspecified atom stereocenters. The quantitative estimate of drug-likeness (QED) is 0.541. The highest BCUT2D eigenvalue weighted by Crippen LogP contribution is 2.18. The number of carbonyl (C=O) groups is 1. The lowest BCUT2D eigenvalue weighted by Gasteiger charge is -2.14. The van der Waals surface area contributed by atoms with Crippen LogP contribution in [0.25, 0.3) is 5.57 Å². The molecule has 0 heterocycles. The van der Waals surface area contributed by atoms with Crippen molar-refractivity contribution >= 4 is 11.5 Å². The van der Waals surface area contributed by atoms with Gasteiger partial charge in [-0.3, -0.25) is 0 Å². The van der Waals surface area contributed by atoms with Crippen LogP contribution in [0.15, 0.2) is 30.8 Å². The van der Waals surface area contributed by atoms with E-state index in [9.17, 15) is 4.79 Å². The van der Waals surface area contributed by atoms with Gasteiger partial charge in [-0.2, -0.15) is 0 Å². The van der Waals surface area contributed by atoms with E-state index in [0.717, 1.165) is 11.1 Å². The zero-order chi connectivity index (χ0) is 15.0. The number of hydrogen-bond acceptors (Lipinski definition) is 4. The number of esters is 1. The predicted octanol–water partition coefficient (Wildman–Crippen LogP) is 3.07. The Balaban J connectivity index is 2.42. The van der Waals surface area contributed by atoms with E-state index in [1.54, 1.807) is 6.92 Å². The number of hydrogen-bond donors (Lipinski definition) is 0. The van der Waals surface area contributed by atoms with Gasteiger partial charge in [-0.15, -0.1) is 0 Å². The summed E-state index contributed by atoms with van der Waals surface area (Å²) >= 11 is 0. The molecule has 0 saturated heterocycles. The molecule has 110 valence electrons. The third-order valence-corrected chi connectivity index (χ3v) is 2.67. The lowest BCUT2D eigenvalue weighted by molar-refractivity contribution is -0.152. The van der Waals surface area contributed by atoms with E-state index >= 15 is 0 Å². The summed E-state index contributed by atoms with van der Waals surface area (Å²) in [5.74, 6) is 0.234. The van der Waals surface area contributed by atoms with Gasteiger partial charge in [0.1, 0.15) is 12.4 Å². The monoisotopic (exact) mass is 278 g/mol. The van der Waals surface area contributed by atoms with Gasteiger partial charge in [-0.1, -0.05) is 24.3 Å². The van der Waals surface area contributed by atoms with Crippen molar-refractivity contribution in [2.45, 2.75) is 26.9 Å². The fourth-order valence-corrected chi connectivity index (χ4v) is 1.53. The van der Waals surface area contributed by atoms with Crippen LogP contribution in [0, 0.1) is 0 Å². The minimum Gasteiger partial charge on any atom is -0.479 e. The minimum absolute atomic E-state index is 0.245. The average molecular weight is 278 g/mol. The van der Waals surface area contributed by atoms with Crippen LogP contribution in [0.3, 0.4) is 0 Å². The molecule has 0 radical (unpaired) electrons. The summed E-state index contributed by atoms with van der Waals surface area (Å²) in [6.07, 6.45) is -0.646. The third kappa shape index (κ3) is 5.45. The van der Waals surface area contributed by atoms with Crippen molar-refractivity contribution in [3.63, 3.8) is 0 Å². The molecule has 0 N–H and O–H groups in total. The fraction of sp³-hybridized carbons (Fsp3) is 0.438. The molecule has 0 aromatic heterocycles. The molecule has 4 heteroatoms. The van der Waals surface area contributed by atoms with E-state index < -0.39 is 12.1 Å². The van der Waals surface area contributed by atoms with Gasteiger partial charge in [0.15, 0.2) is 6.10 Å². The fourth-order valence-electron chi connectivity index (χ4n) is 1.53. The van der Waals surface area contributed by atoms with E-state index in [1.807, 2.05) is 38.1 Å². The second-order valence-corrected chi connectivity index (χ2v) is 4.43. The van der Waals surface area contributed by atoms with Crippen LogP contribution in [-0.2, 0) is 14.3 Å². The molecule has 4 nitrogen and oxygen atoms in total. The first kappa shape index (κ1) is 16.2. The van der Waals surface area contributed by atoms with Crippen LogP contribution in [0.5, 0.6) is 5.75 Å².